The Bertz CT molecular complexity index is 8.00. The minimum atomic E-state index is 0. The zero-order valence-corrected chi connectivity index (χ0v) is 6.15. The summed E-state index contributed by atoms with van der Waals surface area (Å²) >= 11 is 2.00. The molecule has 0 atom stereocenters. The average molecular weight is 302 g/mol. The summed E-state index contributed by atoms with van der Waals surface area (Å²) in [7, 11) is 0. The van der Waals surface area contributed by atoms with Crippen LogP contribution in [0.3, 0.4) is 0 Å². The summed E-state index contributed by atoms with van der Waals surface area (Å²) in [5.74, 6) is 0. The van der Waals surface area contributed by atoms with Crippen molar-refractivity contribution in [2.24, 2.45) is 0 Å². The van der Waals surface area contributed by atoms with Gasteiger partial charge in [-0.05, 0) is 0 Å². The summed E-state index contributed by atoms with van der Waals surface area (Å²) in [6.45, 7) is 0. The van der Waals surface area contributed by atoms with Crippen molar-refractivity contribution in [1.82, 2.24) is 0 Å². The summed E-state index contributed by atoms with van der Waals surface area (Å²) in [4.78, 5) is 0. The third-order valence-electron chi connectivity index (χ3n) is 0. The van der Waals surface area contributed by atoms with Crippen molar-refractivity contribution in [2.75, 3.05) is 0 Å². The van der Waals surface area contributed by atoms with Gasteiger partial charge in [-0.15, -0.1) is 0 Å². The Hall–Kier alpha value is 3.16. The third-order valence-corrected chi connectivity index (χ3v) is 0. The molecule has 4 heteroatoms. The minimum absolute atomic E-state index is 0. The molecule has 21 valence electrons. The summed E-state index contributed by atoms with van der Waals surface area (Å²) < 4.78 is 8.00. The van der Waals surface area contributed by atoms with Crippen molar-refractivity contribution in [3.63, 3.8) is 0 Å². The van der Waals surface area contributed by atoms with Crippen molar-refractivity contribution in [1.29, 1.82) is 0 Å². The van der Waals surface area contributed by atoms with Crippen LogP contribution in [0.1, 0.15) is 0 Å². The fraction of sp³-hybridized carbons (Fsp3) is 0. The van der Waals surface area contributed by atoms with Crippen LogP contribution in [-0.4, -0.2) is 45.5 Å². The first-order valence-corrected chi connectivity index (χ1v) is 0.595. The van der Waals surface area contributed by atoms with E-state index in [1.807, 2.05) is 15.9 Å². The van der Waals surface area contributed by atoms with Crippen molar-refractivity contribution in [2.45, 2.75) is 0 Å². The van der Waals surface area contributed by atoms with Gasteiger partial charge >= 0.3 is 65.3 Å². The van der Waals surface area contributed by atoms with Crippen molar-refractivity contribution in [3.8, 4) is 0 Å². The molecular formula is H2FeOPrSr. The molecule has 0 aliphatic rings. The van der Waals surface area contributed by atoms with Crippen LogP contribution in [0.25, 0.3) is 0 Å². The molecule has 0 amide bonds. The number of hydrogen-bond donors (Lipinski definition) is 0. The van der Waals surface area contributed by atoms with E-state index in [4.69, 9.17) is 3.83 Å². The maximum absolute atomic E-state index is 8.00. The van der Waals surface area contributed by atoms with Gasteiger partial charge in [0.05, 0.1) is 0 Å². The Morgan fingerprint density at radius 2 is 1.25 bits per heavy atom. The normalized spacial score (nSPS) is 1.25. The quantitative estimate of drug-likeness (QED) is 0.523. The van der Waals surface area contributed by atoms with Crippen LogP contribution in [0.4, 0.5) is 0 Å². The first-order chi connectivity index (χ1) is 1.00. The zero-order chi connectivity index (χ0) is 2.00. The molecule has 0 heterocycles. The average Bonchev–Trinajstić information content (AvgIpc) is 1.00. The second-order valence-electron chi connectivity index (χ2n) is 0. The van der Waals surface area contributed by atoms with Gasteiger partial charge in [-0.25, -0.2) is 0 Å². The molecule has 4 heavy (non-hydrogen) atoms. The molecule has 0 spiro atoms. The van der Waals surface area contributed by atoms with E-state index >= 15 is 0 Å². The topological polar surface area (TPSA) is 17.1 Å². The van der Waals surface area contributed by atoms with Gasteiger partial charge in [-0.3, -0.25) is 0 Å². The van der Waals surface area contributed by atoms with Gasteiger partial charge in [0.1, 0.15) is 0 Å². The van der Waals surface area contributed by atoms with E-state index in [9.17, 15) is 0 Å². The van der Waals surface area contributed by atoms with Gasteiger partial charge in [0.15, 0.2) is 0 Å². The Kier molecular flexibility index (Phi) is 64.4. The molecule has 0 saturated heterocycles. The van der Waals surface area contributed by atoms with Crippen molar-refractivity contribution < 1.29 is 61.1 Å². The first kappa shape index (κ1) is 15.7. The molecule has 0 aromatic heterocycles. The predicted octanol–water partition coefficient (Wildman–Crippen LogP) is -1.04. The maximum atomic E-state index is 8.00. The SMILES string of the molecule is [O]=[Fe].[Pr].[SrH2]. The number of rotatable bonds is 0. The molecular weight excluding hydrogens is 300 g/mol. The molecule has 0 aliphatic heterocycles. The molecule has 0 N–H and O–H groups in total. The molecule has 0 saturated carbocycles. The zero-order valence-electron chi connectivity index (χ0n) is 1.34. The molecule has 0 unspecified atom stereocenters. The second kappa shape index (κ2) is 16.4. The molecule has 1 radical (unpaired) electrons. The van der Waals surface area contributed by atoms with Gasteiger partial charge < -0.3 is 0 Å². The summed E-state index contributed by atoms with van der Waals surface area (Å²) in [5.41, 5.74) is 0. The van der Waals surface area contributed by atoms with Gasteiger partial charge in [0, 0.05) is 41.3 Å². The fourth-order valence-electron chi connectivity index (χ4n) is 0. The van der Waals surface area contributed by atoms with Crippen LogP contribution < -0.4 is 0 Å². The van der Waals surface area contributed by atoms with E-state index in [2.05, 4.69) is 0 Å². The Labute approximate surface area is 104 Å². The number of hydrogen-bond acceptors (Lipinski definition) is 1. The van der Waals surface area contributed by atoms with Crippen LogP contribution >= 0.6 is 0 Å². The predicted molar refractivity (Wildman–Crippen MR) is 9.23 cm³/mol. The van der Waals surface area contributed by atoms with E-state index in [0.717, 1.165) is 0 Å². The fourth-order valence-corrected chi connectivity index (χ4v) is 0. The standard InChI is InChI=1S/Fe.O.Pr.Sr.2H. The summed E-state index contributed by atoms with van der Waals surface area (Å²) in [6, 6.07) is 0. The van der Waals surface area contributed by atoms with Crippen LogP contribution in [0.2, 0.25) is 0 Å². The second-order valence-corrected chi connectivity index (χ2v) is 0. The molecule has 0 bridgehead atoms. The first-order valence-electron chi connectivity index (χ1n) is 0.144. The molecule has 0 fully saturated rings. The van der Waals surface area contributed by atoms with E-state index in [1.54, 1.807) is 0 Å². The molecule has 0 aromatic rings. The van der Waals surface area contributed by atoms with Crippen LogP contribution in [0.15, 0.2) is 0 Å². The van der Waals surface area contributed by atoms with Crippen LogP contribution in [0, 0.1) is 41.3 Å². The van der Waals surface area contributed by atoms with Crippen LogP contribution in [-0.2, 0) is 19.8 Å². The van der Waals surface area contributed by atoms with Crippen molar-refractivity contribution in [3.05, 3.63) is 0 Å². The van der Waals surface area contributed by atoms with E-state index < -0.39 is 0 Å². The van der Waals surface area contributed by atoms with Gasteiger partial charge in [0.25, 0.3) is 0 Å². The Balaban J connectivity index is -0.00000000500. The summed E-state index contributed by atoms with van der Waals surface area (Å²) in [6.07, 6.45) is 0. The van der Waals surface area contributed by atoms with E-state index in [0.29, 0.717) is 0 Å². The van der Waals surface area contributed by atoms with E-state index in [-0.39, 0.29) is 86.8 Å². The van der Waals surface area contributed by atoms with Crippen LogP contribution in [0.5, 0.6) is 0 Å². The third kappa shape index (κ3) is 8.94. The monoisotopic (exact) mass is 303 g/mol. The van der Waals surface area contributed by atoms with E-state index in [1.165, 1.54) is 0 Å². The van der Waals surface area contributed by atoms with Gasteiger partial charge in [-0.1, -0.05) is 0 Å². The Morgan fingerprint density at radius 3 is 1.25 bits per heavy atom. The Morgan fingerprint density at radius 1 is 1.25 bits per heavy atom. The van der Waals surface area contributed by atoms with Crippen molar-refractivity contribution >= 4 is 45.5 Å². The van der Waals surface area contributed by atoms with Gasteiger partial charge in [0.2, 0.25) is 0 Å². The molecule has 1 nitrogen and oxygen atoms in total. The molecule has 0 rings (SSSR count). The summed E-state index contributed by atoms with van der Waals surface area (Å²) in [5, 5.41) is 0. The molecule has 0 aliphatic carbocycles. The molecule has 0 aromatic carbocycles. The van der Waals surface area contributed by atoms with Gasteiger partial charge in [-0.2, -0.15) is 0 Å².